The Kier molecular flexibility index (Phi) is 4.91. The molecule has 0 saturated carbocycles. The maximum absolute atomic E-state index is 14.7. The molecule has 1 aliphatic rings. The molecule has 0 bridgehead atoms. The zero-order valence-corrected chi connectivity index (χ0v) is 15.8. The van der Waals surface area contributed by atoms with Gasteiger partial charge in [-0.1, -0.05) is 66.2 Å². The van der Waals surface area contributed by atoms with Crippen molar-refractivity contribution in [3.63, 3.8) is 0 Å². The molecule has 6 heteroatoms. The van der Waals surface area contributed by atoms with Crippen molar-refractivity contribution in [2.45, 2.75) is 6.04 Å². The second-order valence-electron chi connectivity index (χ2n) is 6.54. The van der Waals surface area contributed by atoms with Gasteiger partial charge in [0.2, 0.25) is 0 Å². The number of anilines is 1. The van der Waals surface area contributed by atoms with Gasteiger partial charge in [-0.15, -0.1) is 0 Å². The highest BCUT2D eigenvalue weighted by Crippen LogP contribution is 2.43. The van der Waals surface area contributed by atoms with E-state index in [-0.39, 0.29) is 16.9 Å². The molecule has 1 aliphatic heterocycles. The number of rotatable bonds is 3. The summed E-state index contributed by atoms with van der Waals surface area (Å²) in [6.07, 6.45) is 0. The lowest BCUT2D eigenvalue weighted by Gasteiger charge is -2.25. The normalized spacial score (nSPS) is 18.3. The molecule has 1 amide bonds. The minimum Gasteiger partial charge on any atom is -0.507 e. The number of Topliss-reactive ketones (excluding diaryl/α,β-unsaturated/α-hetero) is 1. The van der Waals surface area contributed by atoms with E-state index in [1.807, 2.05) is 0 Å². The Morgan fingerprint density at radius 3 is 2.31 bits per heavy atom. The van der Waals surface area contributed by atoms with Crippen molar-refractivity contribution in [2.75, 3.05) is 4.90 Å². The van der Waals surface area contributed by atoms with Gasteiger partial charge in [-0.05, 0) is 24.3 Å². The van der Waals surface area contributed by atoms with Gasteiger partial charge in [-0.2, -0.15) is 0 Å². The lowest BCUT2D eigenvalue weighted by atomic mass is 9.95. The number of amides is 1. The van der Waals surface area contributed by atoms with Crippen LogP contribution in [-0.2, 0) is 9.59 Å². The fraction of sp³-hybridized carbons (Fsp3) is 0.0435. The largest absolute Gasteiger partial charge is 0.507 e. The summed E-state index contributed by atoms with van der Waals surface area (Å²) < 4.78 is 14.7. The van der Waals surface area contributed by atoms with E-state index < -0.39 is 23.5 Å². The highest BCUT2D eigenvalue weighted by molar-refractivity contribution is 6.51. The van der Waals surface area contributed by atoms with Crippen molar-refractivity contribution < 1.29 is 19.1 Å². The fourth-order valence-corrected chi connectivity index (χ4v) is 3.65. The van der Waals surface area contributed by atoms with Gasteiger partial charge in [0.15, 0.2) is 0 Å². The van der Waals surface area contributed by atoms with E-state index in [0.717, 1.165) is 0 Å². The van der Waals surface area contributed by atoms with Gasteiger partial charge >= 0.3 is 0 Å². The summed E-state index contributed by atoms with van der Waals surface area (Å²) in [4.78, 5) is 27.0. The van der Waals surface area contributed by atoms with Crippen LogP contribution in [0.4, 0.5) is 10.1 Å². The van der Waals surface area contributed by atoms with Crippen molar-refractivity contribution in [3.05, 3.63) is 106 Å². The van der Waals surface area contributed by atoms with Gasteiger partial charge in [0.25, 0.3) is 11.7 Å². The van der Waals surface area contributed by atoms with E-state index >= 15 is 0 Å². The van der Waals surface area contributed by atoms with Gasteiger partial charge in [0, 0.05) is 21.8 Å². The average molecular weight is 408 g/mol. The Balaban J connectivity index is 1.99. The first kappa shape index (κ1) is 18.9. The molecule has 4 rings (SSSR count). The van der Waals surface area contributed by atoms with E-state index in [1.165, 1.54) is 29.2 Å². The number of benzene rings is 3. The van der Waals surface area contributed by atoms with E-state index in [1.54, 1.807) is 54.6 Å². The predicted molar refractivity (Wildman–Crippen MR) is 109 cm³/mol. The summed E-state index contributed by atoms with van der Waals surface area (Å²) in [5, 5.41) is 11.2. The first-order valence-electron chi connectivity index (χ1n) is 8.85. The SMILES string of the molecule is O=C1C(=O)N(c2cccc(Cl)c2)C(c2ccccc2F)/C1=C(/O)c1ccccc1. The smallest absolute Gasteiger partial charge is 0.300 e. The highest BCUT2D eigenvalue weighted by Gasteiger charge is 2.47. The fourth-order valence-electron chi connectivity index (χ4n) is 3.47. The van der Waals surface area contributed by atoms with E-state index in [0.29, 0.717) is 16.3 Å². The number of hydrogen-bond donors (Lipinski definition) is 1. The summed E-state index contributed by atoms with van der Waals surface area (Å²) in [7, 11) is 0. The summed E-state index contributed by atoms with van der Waals surface area (Å²) >= 11 is 6.07. The molecule has 1 saturated heterocycles. The Labute approximate surface area is 171 Å². The Hall–Kier alpha value is -3.44. The summed E-state index contributed by atoms with van der Waals surface area (Å²) in [5.41, 5.74) is 0.619. The average Bonchev–Trinajstić information content (AvgIpc) is 2.99. The number of carbonyl (C=O) groups excluding carboxylic acids is 2. The third-order valence-electron chi connectivity index (χ3n) is 4.78. The van der Waals surface area contributed by atoms with Gasteiger partial charge < -0.3 is 5.11 Å². The Morgan fingerprint density at radius 2 is 1.62 bits per heavy atom. The molecule has 0 spiro atoms. The van der Waals surface area contributed by atoms with E-state index in [9.17, 15) is 19.1 Å². The van der Waals surface area contributed by atoms with Crippen molar-refractivity contribution in [3.8, 4) is 0 Å². The number of hydrogen-bond acceptors (Lipinski definition) is 3. The molecule has 0 aliphatic carbocycles. The van der Waals surface area contributed by atoms with Crippen LogP contribution in [0.2, 0.25) is 5.02 Å². The van der Waals surface area contributed by atoms with Gasteiger partial charge in [0.05, 0.1) is 11.6 Å². The molecule has 1 atom stereocenters. The number of halogens is 2. The molecule has 0 aromatic heterocycles. The lowest BCUT2D eigenvalue weighted by molar-refractivity contribution is -0.132. The van der Waals surface area contributed by atoms with Gasteiger partial charge in [-0.25, -0.2) is 4.39 Å². The first-order valence-corrected chi connectivity index (χ1v) is 9.23. The van der Waals surface area contributed by atoms with Crippen LogP contribution in [0, 0.1) is 5.82 Å². The van der Waals surface area contributed by atoms with Crippen LogP contribution in [-0.4, -0.2) is 16.8 Å². The third-order valence-corrected chi connectivity index (χ3v) is 5.01. The molecular formula is C23H15ClFNO3. The third kappa shape index (κ3) is 3.30. The van der Waals surface area contributed by atoms with Gasteiger partial charge in [0.1, 0.15) is 11.6 Å². The van der Waals surface area contributed by atoms with Crippen LogP contribution < -0.4 is 4.90 Å². The second kappa shape index (κ2) is 7.53. The molecule has 3 aromatic carbocycles. The zero-order valence-electron chi connectivity index (χ0n) is 15.0. The van der Waals surface area contributed by atoms with Crippen LogP contribution in [0.25, 0.3) is 5.76 Å². The van der Waals surface area contributed by atoms with Crippen molar-refractivity contribution in [1.82, 2.24) is 0 Å². The maximum atomic E-state index is 14.7. The number of carbonyl (C=O) groups is 2. The Bertz CT molecular complexity index is 1140. The molecule has 4 nitrogen and oxygen atoms in total. The molecule has 29 heavy (non-hydrogen) atoms. The van der Waals surface area contributed by atoms with Crippen molar-refractivity contribution >= 4 is 34.7 Å². The first-order chi connectivity index (χ1) is 14.0. The molecule has 1 heterocycles. The molecular weight excluding hydrogens is 393 g/mol. The van der Waals surface area contributed by atoms with Crippen LogP contribution in [0.15, 0.2) is 84.4 Å². The minimum atomic E-state index is -1.13. The molecule has 1 unspecified atom stereocenters. The molecule has 1 N–H and O–H groups in total. The van der Waals surface area contributed by atoms with Crippen molar-refractivity contribution in [1.29, 1.82) is 0 Å². The van der Waals surface area contributed by atoms with Crippen LogP contribution in [0.3, 0.4) is 0 Å². The van der Waals surface area contributed by atoms with Crippen LogP contribution in [0.5, 0.6) is 0 Å². The predicted octanol–water partition coefficient (Wildman–Crippen LogP) is 5.11. The lowest BCUT2D eigenvalue weighted by Crippen LogP contribution is -2.29. The highest BCUT2D eigenvalue weighted by atomic mass is 35.5. The zero-order chi connectivity index (χ0) is 20.5. The minimum absolute atomic E-state index is 0.101. The number of aliphatic hydroxyl groups excluding tert-OH is 1. The van der Waals surface area contributed by atoms with Crippen LogP contribution >= 0.6 is 11.6 Å². The quantitative estimate of drug-likeness (QED) is 0.373. The molecule has 0 radical (unpaired) electrons. The monoisotopic (exact) mass is 407 g/mol. The summed E-state index contributed by atoms with van der Waals surface area (Å²) in [6.45, 7) is 0. The Morgan fingerprint density at radius 1 is 0.931 bits per heavy atom. The molecule has 3 aromatic rings. The summed E-state index contributed by atoms with van der Waals surface area (Å²) in [5.74, 6) is -2.70. The topological polar surface area (TPSA) is 57.6 Å². The maximum Gasteiger partial charge on any atom is 0.300 e. The second-order valence-corrected chi connectivity index (χ2v) is 6.97. The van der Waals surface area contributed by atoms with E-state index in [4.69, 9.17) is 11.6 Å². The summed E-state index contributed by atoms with van der Waals surface area (Å²) in [6, 6.07) is 19.5. The van der Waals surface area contributed by atoms with Crippen LogP contribution in [0.1, 0.15) is 17.2 Å². The molecule has 144 valence electrons. The standard InChI is InChI=1S/C23H15ClFNO3/c24-15-9-6-10-16(13-15)26-20(17-11-4-5-12-18(17)25)19(22(28)23(26)29)21(27)14-7-2-1-3-8-14/h1-13,20,27H/b21-19-. The number of aliphatic hydroxyl groups is 1. The van der Waals surface area contributed by atoms with Crippen molar-refractivity contribution in [2.24, 2.45) is 0 Å². The number of ketones is 1. The number of nitrogens with zero attached hydrogens (tertiary/aromatic N) is 1. The molecule has 1 fully saturated rings. The van der Waals surface area contributed by atoms with E-state index in [2.05, 4.69) is 0 Å². The van der Waals surface area contributed by atoms with Gasteiger partial charge in [-0.3, -0.25) is 14.5 Å².